The van der Waals surface area contributed by atoms with Crippen molar-refractivity contribution >= 4 is 17.7 Å². The number of anilines is 1. The molecule has 0 heterocycles. The first kappa shape index (κ1) is 19.8. The number of halogens is 3. The van der Waals surface area contributed by atoms with Gasteiger partial charge in [0.15, 0.2) is 6.61 Å². The number of allylic oxidation sites excluding steroid dienone is 1. The average Bonchev–Trinajstić information content (AvgIpc) is 2.56. The first-order chi connectivity index (χ1) is 11.7. The maximum Gasteiger partial charge on any atom is 0.422 e. The van der Waals surface area contributed by atoms with Gasteiger partial charge in [-0.2, -0.15) is 23.7 Å². The Morgan fingerprint density at radius 2 is 1.76 bits per heavy atom. The summed E-state index contributed by atoms with van der Waals surface area (Å²) in [6.45, 7) is -1.80. The number of esters is 1. The molecule has 0 fully saturated rings. The number of rotatable bonds is 5. The highest BCUT2D eigenvalue weighted by molar-refractivity contribution is 5.95. The van der Waals surface area contributed by atoms with Crippen molar-refractivity contribution in [2.45, 2.75) is 6.18 Å². The minimum Gasteiger partial charge on any atom is -0.452 e. The molecule has 0 saturated carbocycles. The highest BCUT2D eigenvalue weighted by Crippen LogP contribution is 2.18. The lowest BCUT2D eigenvalue weighted by Gasteiger charge is -2.11. The van der Waals surface area contributed by atoms with E-state index in [-0.39, 0.29) is 0 Å². The van der Waals surface area contributed by atoms with Crippen LogP contribution in [0.2, 0.25) is 0 Å². The number of carbonyl (C=O) groups is 1. The number of nitrogens with zero attached hydrogens (tertiary/aromatic N) is 3. The Morgan fingerprint density at radius 1 is 1.20 bits per heavy atom. The minimum absolute atomic E-state index is 0.536. The van der Waals surface area contributed by atoms with Gasteiger partial charge in [-0.1, -0.05) is 18.2 Å². The van der Waals surface area contributed by atoms with Gasteiger partial charge >= 0.3 is 12.1 Å². The summed E-state index contributed by atoms with van der Waals surface area (Å²) >= 11 is 0. The molecule has 0 saturated heterocycles. The van der Waals surface area contributed by atoms with Crippen LogP contribution in [-0.4, -0.2) is 32.8 Å². The van der Waals surface area contributed by atoms with E-state index < -0.39 is 29.9 Å². The standard InChI is InChI=1S/C17H14F3N3O2/c1-23(2)14-6-3-12(4-7-14)5-8-15(13(9-21)10-22)16(24)25-11-17(18,19)20/h3-8H,11H2,1-2H3. The maximum absolute atomic E-state index is 12.2. The normalized spacial score (nSPS) is 10.7. The summed E-state index contributed by atoms with van der Waals surface area (Å²) in [5.74, 6) is -1.39. The smallest absolute Gasteiger partial charge is 0.422 e. The van der Waals surface area contributed by atoms with Crippen LogP contribution in [0.1, 0.15) is 5.56 Å². The number of hydrogen-bond acceptors (Lipinski definition) is 5. The van der Waals surface area contributed by atoms with Crippen molar-refractivity contribution in [3.8, 4) is 12.1 Å². The van der Waals surface area contributed by atoms with Crippen molar-refractivity contribution in [3.63, 3.8) is 0 Å². The van der Waals surface area contributed by atoms with E-state index in [2.05, 4.69) is 4.74 Å². The van der Waals surface area contributed by atoms with E-state index in [1.165, 1.54) is 18.2 Å². The molecule has 1 aromatic carbocycles. The van der Waals surface area contributed by atoms with Crippen LogP contribution >= 0.6 is 0 Å². The molecule has 1 aromatic rings. The Kier molecular flexibility index (Phi) is 6.77. The van der Waals surface area contributed by atoms with Crippen molar-refractivity contribution < 1.29 is 22.7 Å². The Balaban J connectivity index is 3.07. The molecular formula is C17H14F3N3O2. The van der Waals surface area contributed by atoms with Crippen molar-refractivity contribution in [2.24, 2.45) is 0 Å². The van der Waals surface area contributed by atoms with Gasteiger partial charge in [0.05, 0.1) is 5.57 Å². The summed E-state index contributed by atoms with van der Waals surface area (Å²) < 4.78 is 40.6. The molecule has 8 heteroatoms. The van der Waals surface area contributed by atoms with Crippen LogP contribution in [0.3, 0.4) is 0 Å². The predicted molar refractivity (Wildman–Crippen MR) is 85.1 cm³/mol. The molecule has 130 valence electrons. The quantitative estimate of drug-likeness (QED) is 0.353. The van der Waals surface area contributed by atoms with Crippen molar-refractivity contribution in [3.05, 3.63) is 47.1 Å². The fourth-order valence-corrected chi connectivity index (χ4v) is 1.69. The lowest BCUT2D eigenvalue weighted by molar-refractivity contribution is -0.183. The van der Waals surface area contributed by atoms with E-state index in [1.807, 2.05) is 19.0 Å². The molecule has 0 N–H and O–H groups in total. The predicted octanol–water partition coefficient (Wildman–Crippen LogP) is 3.22. The van der Waals surface area contributed by atoms with Crippen LogP contribution in [0.5, 0.6) is 0 Å². The van der Waals surface area contributed by atoms with Crippen LogP contribution in [0, 0.1) is 22.7 Å². The summed E-state index contributed by atoms with van der Waals surface area (Å²) in [4.78, 5) is 13.6. The number of nitriles is 2. The van der Waals surface area contributed by atoms with Gasteiger partial charge in [0.1, 0.15) is 17.7 Å². The molecule has 0 aliphatic heterocycles. The van der Waals surface area contributed by atoms with E-state index >= 15 is 0 Å². The molecule has 0 atom stereocenters. The second-order valence-corrected chi connectivity index (χ2v) is 5.02. The third kappa shape index (κ3) is 6.40. The Morgan fingerprint density at radius 3 is 2.20 bits per heavy atom. The lowest BCUT2D eigenvalue weighted by Crippen LogP contribution is -2.21. The molecule has 0 aromatic heterocycles. The van der Waals surface area contributed by atoms with Gasteiger partial charge in [0.25, 0.3) is 0 Å². The van der Waals surface area contributed by atoms with Crippen molar-refractivity contribution in [1.29, 1.82) is 10.5 Å². The number of benzene rings is 1. The number of ether oxygens (including phenoxy) is 1. The molecule has 0 aliphatic rings. The third-order valence-corrected chi connectivity index (χ3v) is 2.93. The molecule has 0 radical (unpaired) electrons. The second-order valence-electron chi connectivity index (χ2n) is 5.02. The van der Waals surface area contributed by atoms with Gasteiger partial charge < -0.3 is 9.64 Å². The lowest BCUT2D eigenvalue weighted by atomic mass is 10.1. The largest absolute Gasteiger partial charge is 0.452 e. The van der Waals surface area contributed by atoms with Crippen LogP contribution in [0.25, 0.3) is 6.08 Å². The van der Waals surface area contributed by atoms with Gasteiger partial charge in [-0.15, -0.1) is 0 Å². The SMILES string of the molecule is CN(C)c1ccc(C=CC(C(=O)OCC(F)(F)F)=C(C#N)C#N)cc1. The molecule has 0 amide bonds. The van der Waals surface area contributed by atoms with Gasteiger partial charge in [0.2, 0.25) is 0 Å². The fraction of sp³-hybridized carbons (Fsp3) is 0.235. The van der Waals surface area contributed by atoms with Crippen molar-refractivity contribution in [2.75, 3.05) is 25.6 Å². The third-order valence-electron chi connectivity index (χ3n) is 2.93. The minimum atomic E-state index is -4.70. The Hall–Kier alpha value is -3.26. The highest BCUT2D eigenvalue weighted by Gasteiger charge is 2.30. The van der Waals surface area contributed by atoms with Gasteiger partial charge in [-0.3, -0.25) is 0 Å². The summed E-state index contributed by atoms with van der Waals surface area (Å²) in [5, 5.41) is 17.7. The monoisotopic (exact) mass is 349 g/mol. The number of carbonyl (C=O) groups excluding carboxylic acids is 1. The van der Waals surface area contributed by atoms with Gasteiger partial charge in [-0.05, 0) is 23.8 Å². The van der Waals surface area contributed by atoms with E-state index in [0.29, 0.717) is 5.56 Å². The molecule has 0 unspecified atom stereocenters. The Bertz CT molecular complexity index is 748. The van der Waals surface area contributed by atoms with E-state index in [9.17, 15) is 18.0 Å². The molecule has 5 nitrogen and oxygen atoms in total. The summed E-state index contributed by atoms with van der Waals surface area (Å²) in [6, 6.07) is 9.94. The molecule has 25 heavy (non-hydrogen) atoms. The first-order valence-electron chi connectivity index (χ1n) is 6.91. The van der Waals surface area contributed by atoms with Crippen LogP contribution < -0.4 is 4.90 Å². The van der Waals surface area contributed by atoms with E-state index in [1.54, 1.807) is 24.3 Å². The van der Waals surface area contributed by atoms with Crippen LogP contribution in [-0.2, 0) is 9.53 Å². The molecule has 0 bridgehead atoms. The first-order valence-corrected chi connectivity index (χ1v) is 6.91. The van der Waals surface area contributed by atoms with Crippen molar-refractivity contribution in [1.82, 2.24) is 0 Å². The van der Waals surface area contributed by atoms with E-state index in [0.717, 1.165) is 11.8 Å². The summed E-state index contributed by atoms with van der Waals surface area (Å²) in [5.41, 5.74) is 0.383. The molecular weight excluding hydrogens is 335 g/mol. The highest BCUT2D eigenvalue weighted by atomic mass is 19.4. The number of hydrogen-bond donors (Lipinski definition) is 0. The zero-order valence-corrected chi connectivity index (χ0v) is 13.5. The fourth-order valence-electron chi connectivity index (χ4n) is 1.69. The summed E-state index contributed by atoms with van der Waals surface area (Å²) in [6.07, 6.45) is -2.21. The molecule has 0 aliphatic carbocycles. The zero-order valence-electron chi connectivity index (χ0n) is 13.5. The van der Waals surface area contributed by atoms with Crippen LogP contribution in [0.4, 0.5) is 18.9 Å². The topological polar surface area (TPSA) is 77.1 Å². The number of alkyl halides is 3. The second kappa shape index (κ2) is 8.55. The molecule has 1 rings (SSSR count). The Labute approximate surface area is 142 Å². The molecule has 0 spiro atoms. The summed E-state index contributed by atoms with van der Waals surface area (Å²) in [7, 11) is 3.71. The zero-order chi connectivity index (χ0) is 19.0. The maximum atomic E-state index is 12.2. The van der Waals surface area contributed by atoms with E-state index in [4.69, 9.17) is 10.5 Å². The van der Waals surface area contributed by atoms with Gasteiger partial charge in [-0.25, -0.2) is 4.79 Å². The van der Waals surface area contributed by atoms with Crippen LogP contribution in [0.15, 0.2) is 41.5 Å². The average molecular weight is 349 g/mol. The van der Waals surface area contributed by atoms with Gasteiger partial charge in [0, 0.05) is 19.8 Å².